The zero-order valence-electron chi connectivity index (χ0n) is 15.4. The van der Waals surface area contributed by atoms with Crippen LogP contribution in [-0.2, 0) is 0 Å². The summed E-state index contributed by atoms with van der Waals surface area (Å²) in [5.74, 6) is -0.310. The maximum atomic E-state index is 13.3. The Morgan fingerprint density at radius 1 is 1.07 bits per heavy atom. The Hall–Kier alpha value is -4.07. The van der Waals surface area contributed by atoms with Gasteiger partial charge < -0.3 is 15.2 Å². The summed E-state index contributed by atoms with van der Waals surface area (Å²) in [6, 6.07) is 17.8. The van der Waals surface area contributed by atoms with Crippen LogP contribution in [0.1, 0.15) is 22.1 Å². The Morgan fingerprint density at radius 2 is 1.79 bits per heavy atom. The van der Waals surface area contributed by atoms with Gasteiger partial charge in [0.25, 0.3) is 11.6 Å². The lowest BCUT2D eigenvalue weighted by atomic mass is 10.0. The highest BCUT2D eigenvalue weighted by atomic mass is 16.6. The van der Waals surface area contributed by atoms with Gasteiger partial charge in [0.2, 0.25) is 0 Å². The van der Waals surface area contributed by atoms with E-state index in [-0.39, 0.29) is 5.91 Å². The number of nitro groups is 1. The first-order chi connectivity index (χ1) is 14.0. The highest BCUT2D eigenvalue weighted by Crippen LogP contribution is 2.38. The molecule has 0 radical (unpaired) electrons. The fourth-order valence-corrected chi connectivity index (χ4v) is 3.34. The smallest absolute Gasteiger partial charge is 0.262 e. The minimum Gasteiger partial charge on any atom is -0.868 e. The Morgan fingerprint density at radius 3 is 2.48 bits per heavy atom. The summed E-state index contributed by atoms with van der Waals surface area (Å²) in [6.45, 7) is 0. The Kier molecular flexibility index (Phi) is 4.52. The van der Waals surface area contributed by atoms with Gasteiger partial charge >= 0.3 is 0 Å². The second kappa shape index (κ2) is 7.16. The van der Waals surface area contributed by atoms with Crippen LogP contribution in [0.3, 0.4) is 0 Å². The minimum atomic E-state index is -0.731. The molecule has 0 aliphatic carbocycles. The molecule has 0 spiro atoms. The van der Waals surface area contributed by atoms with Crippen molar-refractivity contribution in [1.29, 1.82) is 0 Å². The van der Waals surface area contributed by atoms with Crippen LogP contribution in [-0.4, -0.2) is 17.9 Å². The van der Waals surface area contributed by atoms with E-state index in [2.05, 4.69) is 5.32 Å². The normalized spacial score (nSPS) is 15.4. The van der Waals surface area contributed by atoms with Gasteiger partial charge in [-0.05, 0) is 42.1 Å². The number of amides is 1. The summed E-state index contributed by atoms with van der Waals surface area (Å²) in [7, 11) is 1.55. The standard InChI is InChI=1S/C21H17N3O5/c1-29-15-9-7-14(8-10-15)23-20(13-6-11-19(25)18(12-13)24(27)28)22-17-5-3-2-4-16(17)21(23)26/h2-12,20,22,25H,1H3/p-1/t20-/m1/s1. The molecule has 146 valence electrons. The molecule has 1 atom stereocenters. The fraction of sp³-hybridized carbons (Fsp3) is 0.0952. The molecule has 3 aromatic rings. The van der Waals surface area contributed by atoms with E-state index in [1.54, 1.807) is 55.6 Å². The number of anilines is 2. The number of carbonyl (C=O) groups excluding carboxylic acids is 1. The van der Waals surface area contributed by atoms with Gasteiger partial charge in [0.15, 0.2) is 0 Å². The number of hydrogen-bond acceptors (Lipinski definition) is 6. The van der Waals surface area contributed by atoms with E-state index in [9.17, 15) is 20.0 Å². The van der Waals surface area contributed by atoms with Gasteiger partial charge in [-0.3, -0.25) is 19.8 Å². The maximum absolute atomic E-state index is 13.3. The van der Waals surface area contributed by atoms with E-state index in [1.807, 2.05) is 0 Å². The van der Waals surface area contributed by atoms with Gasteiger partial charge in [-0.2, -0.15) is 0 Å². The predicted octanol–water partition coefficient (Wildman–Crippen LogP) is 3.45. The molecule has 1 aliphatic rings. The summed E-state index contributed by atoms with van der Waals surface area (Å²) in [5.41, 5.74) is 1.56. The topological polar surface area (TPSA) is 108 Å². The summed E-state index contributed by atoms with van der Waals surface area (Å²) < 4.78 is 5.18. The molecule has 0 unspecified atom stereocenters. The molecular formula is C21H16N3O5-. The third-order valence-electron chi connectivity index (χ3n) is 4.77. The largest absolute Gasteiger partial charge is 0.868 e. The molecule has 29 heavy (non-hydrogen) atoms. The zero-order chi connectivity index (χ0) is 20.5. The molecule has 0 saturated heterocycles. The summed E-state index contributed by atoms with van der Waals surface area (Å²) >= 11 is 0. The van der Waals surface area contributed by atoms with Gasteiger partial charge in [-0.25, -0.2) is 0 Å². The van der Waals surface area contributed by atoms with Gasteiger partial charge in [-0.15, -0.1) is 0 Å². The van der Waals surface area contributed by atoms with Crippen LogP contribution in [0.25, 0.3) is 0 Å². The van der Waals surface area contributed by atoms with Crippen molar-refractivity contribution in [2.75, 3.05) is 17.3 Å². The van der Waals surface area contributed by atoms with Crippen LogP contribution < -0.4 is 20.1 Å². The highest BCUT2D eigenvalue weighted by molar-refractivity contribution is 6.12. The van der Waals surface area contributed by atoms with Crippen molar-refractivity contribution in [1.82, 2.24) is 0 Å². The first-order valence-electron chi connectivity index (χ1n) is 8.78. The second-order valence-corrected chi connectivity index (χ2v) is 6.45. The van der Waals surface area contributed by atoms with Crippen molar-refractivity contribution in [3.63, 3.8) is 0 Å². The molecule has 0 fully saturated rings. The SMILES string of the molecule is COc1ccc(N2C(=O)c3ccccc3N[C@H]2c2ccc([O-])c([N+](=O)[O-])c2)cc1. The van der Waals surface area contributed by atoms with Crippen LogP contribution in [0.2, 0.25) is 0 Å². The number of hydrogen-bond donors (Lipinski definition) is 1. The van der Waals surface area contributed by atoms with Crippen molar-refractivity contribution in [3.05, 3.63) is 88.0 Å². The van der Waals surface area contributed by atoms with Crippen molar-refractivity contribution in [2.45, 2.75) is 6.17 Å². The number of benzene rings is 3. The Labute approximate surface area is 166 Å². The quantitative estimate of drug-likeness (QED) is 0.540. The molecule has 8 heteroatoms. The van der Waals surface area contributed by atoms with E-state index < -0.39 is 22.5 Å². The van der Waals surface area contributed by atoms with E-state index in [0.717, 1.165) is 6.07 Å². The third-order valence-corrected chi connectivity index (χ3v) is 4.77. The first kappa shape index (κ1) is 18.3. The Bertz CT molecular complexity index is 1100. The van der Waals surface area contributed by atoms with Gasteiger partial charge in [0.05, 0.1) is 17.6 Å². The number of rotatable bonds is 4. The lowest BCUT2D eigenvalue weighted by molar-refractivity contribution is -0.398. The lowest BCUT2D eigenvalue weighted by Crippen LogP contribution is -2.43. The molecule has 1 N–H and O–H groups in total. The van der Waals surface area contributed by atoms with Crippen LogP contribution in [0.15, 0.2) is 66.7 Å². The number of ether oxygens (including phenoxy) is 1. The molecule has 3 aromatic carbocycles. The molecule has 4 rings (SSSR count). The molecule has 0 bridgehead atoms. The molecular weight excluding hydrogens is 374 g/mol. The van der Waals surface area contributed by atoms with Crippen molar-refractivity contribution < 1.29 is 19.6 Å². The number of nitrogens with one attached hydrogen (secondary N) is 1. The van der Waals surface area contributed by atoms with Gasteiger partial charge in [-0.1, -0.05) is 24.3 Å². The number of nitro benzene ring substituents is 1. The molecule has 1 amide bonds. The molecule has 8 nitrogen and oxygen atoms in total. The van der Waals surface area contributed by atoms with Gasteiger partial charge in [0.1, 0.15) is 11.9 Å². The number of para-hydroxylation sites is 1. The van der Waals surface area contributed by atoms with E-state index >= 15 is 0 Å². The van der Waals surface area contributed by atoms with Crippen LogP contribution in [0, 0.1) is 10.1 Å². The van der Waals surface area contributed by atoms with Crippen molar-refractivity contribution in [3.8, 4) is 11.5 Å². The average molecular weight is 390 g/mol. The number of methoxy groups -OCH3 is 1. The number of nitrogens with zero attached hydrogens (tertiary/aromatic N) is 2. The monoisotopic (exact) mass is 390 g/mol. The molecule has 0 aromatic heterocycles. The Balaban J connectivity index is 1.86. The molecule has 1 heterocycles. The predicted molar refractivity (Wildman–Crippen MR) is 105 cm³/mol. The van der Waals surface area contributed by atoms with E-state index in [4.69, 9.17) is 4.74 Å². The van der Waals surface area contributed by atoms with Crippen LogP contribution in [0.4, 0.5) is 17.1 Å². The highest BCUT2D eigenvalue weighted by Gasteiger charge is 2.34. The van der Waals surface area contributed by atoms with Gasteiger partial charge in [0, 0.05) is 23.0 Å². The van der Waals surface area contributed by atoms with E-state index in [1.165, 1.54) is 17.0 Å². The molecule has 0 saturated carbocycles. The van der Waals surface area contributed by atoms with Crippen molar-refractivity contribution >= 4 is 23.0 Å². The number of fused-ring (bicyclic) bond motifs is 1. The fourth-order valence-electron chi connectivity index (χ4n) is 3.34. The maximum Gasteiger partial charge on any atom is 0.262 e. The summed E-state index contributed by atoms with van der Waals surface area (Å²) in [5, 5.41) is 26.3. The van der Waals surface area contributed by atoms with E-state index in [0.29, 0.717) is 28.3 Å². The van der Waals surface area contributed by atoms with Crippen molar-refractivity contribution in [2.24, 2.45) is 0 Å². The second-order valence-electron chi connectivity index (χ2n) is 6.45. The molecule has 1 aliphatic heterocycles. The minimum absolute atomic E-state index is 0.261. The first-order valence-corrected chi connectivity index (χ1v) is 8.78. The summed E-state index contributed by atoms with van der Waals surface area (Å²) in [6.07, 6.45) is -0.731. The zero-order valence-corrected chi connectivity index (χ0v) is 15.4. The number of carbonyl (C=O) groups is 1. The summed E-state index contributed by atoms with van der Waals surface area (Å²) in [4.78, 5) is 25.3. The third kappa shape index (κ3) is 3.20. The van der Waals surface area contributed by atoms with Crippen LogP contribution >= 0.6 is 0 Å². The lowest BCUT2D eigenvalue weighted by Gasteiger charge is -2.38. The van der Waals surface area contributed by atoms with Crippen LogP contribution in [0.5, 0.6) is 11.5 Å². The average Bonchev–Trinajstić information content (AvgIpc) is 2.74.